The molecule has 54 valence electrons. The van der Waals surface area contributed by atoms with Crippen molar-refractivity contribution in [3.8, 4) is 5.75 Å². The van der Waals surface area contributed by atoms with Gasteiger partial charge in [0.25, 0.3) is 0 Å². The average Bonchev–Trinajstić information content (AvgIpc) is 2.28. The molecule has 0 saturated heterocycles. The van der Waals surface area contributed by atoms with Crippen molar-refractivity contribution < 1.29 is 4.74 Å². The topological polar surface area (TPSA) is 34.5 Å². The van der Waals surface area contributed by atoms with E-state index in [1.54, 1.807) is 24.8 Å². The highest BCUT2D eigenvalue weighted by Gasteiger charge is 2.00. The van der Waals surface area contributed by atoms with Gasteiger partial charge in [-0.15, -0.1) is 0 Å². The molecule has 0 fully saturated rings. The largest absolute Gasteiger partial charge is 0.461 e. The molecule has 1 aromatic rings. The van der Waals surface area contributed by atoms with Gasteiger partial charge in [0.15, 0.2) is 5.75 Å². The second-order valence-corrected chi connectivity index (χ2v) is 2.09. The van der Waals surface area contributed by atoms with Crippen LogP contribution in [0.1, 0.15) is 5.56 Å². The summed E-state index contributed by atoms with van der Waals surface area (Å²) in [6, 6.07) is 1.85. The van der Waals surface area contributed by atoms with Crippen LogP contribution in [-0.2, 0) is 0 Å². The lowest BCUT2D eigenvalue weighted by Gasteiger charge is -1.99. The van der Waals surface area contributed by atoms with Gasteiger partial charge in [0.1, 0.15) is 6.26 Å². The minimum Gasteiger partial charge on any atom is -0.461 e. The van der Waals surface area contributed by atoms with Crippen molar-refractivity contribution in [3.63, 3.8) is 0 Å². The summed E-state index contributed by atoms with van der Waals surface area (Å²) in [5.41, 5.74) is 0.949. The van der Waals surface area contributed by atoms with Crippen molar-refractivity contribution in [1.29, 1.82) is 0 Å². The van der Waals surface area contributed by atoms with E-state index >= 15 is 0 Å². The third kappa shape index (κ3) is 1.12. The van der Waals surface area contributed by atoms with Crippen LogP contribution < -0.4 is 4.74 Å². The average molecular weight is 146 g/mol. The van der Waals surface area contributed by atoms with E-state index in [0.717, 1.165) is 11.3 Å². The highest BCUT2D eigenvalue weighted by atomic mass is 16.5. The Balaban J connectivity index is 2.52. The molecule has 1 aromatic heterocycles. The molecule has 2 rings (SSSR count). The van der Waals surface area contributed by atoms with Crippen molar-refractivity contribution in [1.82, 2.24) is 4.98 Å². The number of nitrogens with zero attached hydrogens (tertiary/aromatic N) is 2. The van der Waals surface area contributed by atoms with Crippen molar-refractivity contribution in [3.05, 3.63) is 36.5 Å². The minimum atomic E-state index is 0.741. The van der Waals surface area contributed by atoms with Gasteiger partial charge < -0.3 is 4.74 Å². The lowest BCUT2D eigenvalue weighted by molar-refractivity contribution is 0.478. The molecule has 0 amide bonds. The fourth-order valence-electron chi connectivity index (χ4n) is 0.858. The second kappa shape index (κ2) is 2.54. The van der Waals surface area contributed by atoms with Gasteiger partial charge in [0, 0.05) is 18.0 Å². The standard InChI is InChI=1S/C8H6N2O/c1-2-9-6-8-7(1)5-10-3-4-11-8/h1-6H. The first-order valence-corrected chi connectivity index (χ1v) is 3.26. The molecule has 1 aliphatic rings. The van der Waals surface area contributed by atoms with Gasteiger partial charge in [0.05, 0.1) is 12.4 Å². The van der Waals surface area contributed by atoms with E-state index < -0.39 is 0 Å². The molecule has 2 heterocycles. The number of aromatic nitrogens is 1. The Morgan fingerprint density at radius 2 is 2.36 bits per heavy atom. The molecule has 0 saturated carbocycles. The first kappa shape index (κ1) is 6.09. The first-order valence-electron chi connectivity index (χ1n) is 3.26. The lowest BCUT2D eigenvalue weighted by Crippen LogP contribution is -1.87. The third-order valence-corrected chi connectivity index (χ3v) is 1.37. The Morgan fingerprint density at radius 1 is 1.36 bits per heavy atom. The molecule has 0 aliphatic carbocycles. The molecule has 0 atom stereocenters. The van der Waals surface area contributed by atoms with Crippen molar-refractivity contribution in [2.75, 3.05) is 0 Å². The fourth-order valence-corrected chi connectivity index (χ4v) is 0.858. The summed E-state index contributed by atoms with van der Waals surface area (Å²) in [6.45, 7) is 0. The van der Waals surface area contributed by atoms with Crippen LogP contribution in [0.2, 0.25) is 0 Å². The molecule has 1 aliphatic heterocycles. The van der Waals surface area contributed by atoms with Crippen LogP contribution in [0.15, 0.2) is 35.9 Å². The molecule has 0 radical (unpaired) electrons. The van der Waals surface area contributed by atoms with Gasteiger partial charge >= 0.3 is 0 Å². The number of ether oxygens (including phenoxy) is 1. The zero-order chi connectivity index (χ0) is 7.52. The number of hydrogen-bond donors (Lipinski definition) is 0. The summed E-state index contributed by atoms with van der Waals surface area (Å²) in [6.07, 6.45) is 8.24. The van der Waals surface area contributed by atoms with Gasteiger partial charge in [0.2, 0.25) is 0 Å². The SMILES string of the molecule is C1=COc2cnccc2C=N1. The Kier molecular flexibility index (Phi) is 1.41. The van der Waals surface area contributed by atoms with Gasteiger partial charge in [-0.05, 0) is 6.07 Å². The van der Waals surface area contributed by atoms with E-state index in [4.69, 9.17) is 4.74 Å². The van der Waals surface area contributed by atoms with Gasteiger partial charge in [-0.2, -0.15) is 0 Å². The van der Waals surface area contributed by atoms with E-state index in [-0.39, 0.29) is 0 Å². The summed E-state index contributed by atoms with van der Waals surface area (Å²) in [4.78, 5) is 7.87. The van der Waals surface area contributed by atoms with Crippen molar-refractivity contribution in [2.45, 2.75) is 0 Å². The third-order valence-electron chi connectivity index (χ3n) is 1.37. The fraction of sp³-hybridized carbons (Fsp3) is 0. The molecule has 0 unspecified atom stereocenters. The van der Waals surface area contributed by atoms with Gasteiger partial charge in [-0.1, -0.05) is 0 Å². The number of fused-ring (bicyclic) bond motifs is 1. The quantitative estimate of drug-likeness (QED) is 0.554. The van der Waals surface area contributed by atoms with Crippen LogP contribution in [0.3, 0.4) is 0 Å². The molecule has 11 heavy (non-hydrogen) atoms. The highest BCUT2D eigenvalue weighted by molar-refractivity contribution is 5.83. The number of pyridine rings is 1. The van der Waals surface area contributed by atoms with Crippen LogP contribution in [0, 0.1) is 0 Å². The maximum atomic E-state index is 5.18. The maximum Gasteiger partial charge on any atom is 0.153 e. The van der Waals surface area contributed by atoms with Crippen LogP contribution in [0.5, 0.6) is 5.75 Å². The smallest absolute Gasteiger partial charge is 0.153 e. The summed E-state index contributed by atoms with van der Waals surface area (Å²) in [5, 5.41) is 0. The maximum absolute atomic E-state index is 5.18. The number of hydrogen-bond acceptors (Lipinski definition) is 3. The van der Waals surface area contributed by atoms with E-state index in [1.807, 2.05) is 6.07 Å². The molecule has 0 bridgehead atoms. The molecule has 0 aromatic carbocycles. The predicted octanol–water partition coefficient (Wildman–Crippen LogP) is 1.36. The Bertz CT molecular complexity index is 318. The lowest BCUT2D eigenvalue weighted by atomic mass is 10.3. The second-order valence-electron chi connectivity index (χ2n) is 2.09. The molecule has 0 N–H and O–H groups in total. The molecule has 3 heteroatoms. The van der Waals surface area contributed by atoms with E-state index in [1.165, 1.54) is 6.26 Å². The molecule has 0 spiro atoms. The monoisotopic (exact) mass is 146 g/mol. The van der Waals surface area contributed by atoms with E-state index in [9.17, 15) is 0 Å². The summed E-state index contributed by atoms with van der Waals surface area (Å²) in [7, 11) is 0. The number of aliphatic imine (C=N–C) groups is 1. The van der Waals surface area contributed by atoms with Gasteiger partial charge in [-0.3, -0.25) is 9.98 Å². The number of rotatable bonds is 0. The van der Waals surface area contributed by atoms with E-state index in [2.05, 4.69) is 9.98 Å². The van der Waals surface area contributed by atoms with Crippen molar-refractivity contribution >= 4 is 6.21 Å². The van der Waals surface area contributed by atoms with Gasteiger partial charge in [-0.25, -0.2) is 0 Å². The first-order chi connectivity index (χ1) is 5.47. The van der Waals surface area contributed by atoms with E-state index in [0.29, 0.717) is 0 Å². The Morgan fingerprint density at radius 3 is 3.36 bits per heavy atom. The van der Waals surface area contributed by atoms with Crippen LogP contribution in [-0.4, -0.2) is 11.2 Å². The Labute approximate surface area is 64.1 Å². The van der Waals surface area contributed by atoms with Crippen molar-refractivity contribution in [2.24, 2.45) is 4.99 Å². The van der Waals surface area contributed by atoms with Crippen LogP contribution >= 0.6 is 0 Å². The summed E-state index contributed by atoms with van der Waals surface area (Å²) < 4.78 is 5.18. The molecule has 3 nitrogen and oxygen atoms in total. The molecular formula is C8H6N2O. The summed E-state index contributed by atoms with van der Waals surface area (Å²) >= 11 is 0. The minimum absolute atomic E-state index is 0.741. The highest BCUT2D eigenvalue weighted by Crippen LogP contribution is 2.15. The normalized spacial score (nSPS) is 13.5. The zero-order valence-electron chi connectivity index (χ0n) is 5.77. The van der Waals surface area contributed by atoms with Crippen LogP contribution in [0.4, 0.5) is 0 Å². The summed E-state index contributed by atoms with van der Waals surface area (Å²) in [5.74, 6) is 0.741. The zero-order valence-corrected chi connectivity index (χ0v) is 5.77. The Hall–Kier alpha value is -1.64. The van der Waals surface area contributed by atoms with Crippen LogP contribution in [0.25, 0.3) is 0 Å². The predicted molar refractivity (Wildman–Crippen MR) is 41.6 cm³/mol. The molecular weight excluding hydrogens is 140 g/mol.